The second-order valence-corrected chi connectivity index (χ2v) is 6.37. The minimum absolute atomic E-state index is 0.0408. The van der Waals surface area contributed by atoms with Crippen molar-refractivity contribution in [3.8, 4) is 0 Å². The smallest absolute Gasteiger partial charge is 0.157 e. The number of nitrogen functional groups attached to an aromatic ring is 1. The molecule has 0 radical (unpaired) electrons. The molecule has 0 bridgehead atoms. The first-order chi connectivity index (χ1) is 7.92. The van der Waals surface area contributed by atoms with Gasteiger partial charge in [0.15, 0.2) is 9.84 Å². The fraction of sp³-hybridized carbons (Fsp3) is 0.455. The molecule has 0 aromatic heterocycles. The molecular formula is C11H18N2O3S. The lowest BCUT2D eigenvalue weighted by Crippen LogP contribution is -2.37. The summed E-state index contributed by atoms with van der Waals surface area (Å²) < 4.78 is 23.5. The van der Waals surface area contributed by atoms with Crippen molar-refractivity contribution in [2.75, 3.05) is 18.1 Å². The largest absolute Gasteiger partial charge is 0.399 e. The lowest BCUT2D eigenvalue weighted by atomic mass is 10.0. The number of sulfone groups is 1. The van der Waals surface area contributed by atoms with Crippen LogP contribution >= 0.6 is 0 Å². The number of rotatable bonds is 5. The van der Waals surface area contributed by atoms with Crippen molar-refractivity contribution in [2.45, 2.75) is 18.2 Å². The van der Waals surface area contributed by atoms with Crippen LogP contribution in [0.2, 0.25) is 0 Å². The van der Waals surface area contributed by atoms with Crippen LogP contribution in [0.1, 0.15) is 18.5 Å². The van der Waals surface area contributed by atoms with Crippen molar-refractivity contribution >= 4 is 15.5 Å². The zero-order valence-corrected chi connectivity index (χ0v) is 10.5. The average molecular weight is 258 g/mol. The lowest BCUT2D eigenvalue weighted by Gasteiger charge is -2.21. The minimum Gasteiger partial charge on any atom is -0.399 e. The van der Waals surface area contributed by atoms with E-state index in [4.69, 9.17) is 11.5 Å². The summed E-state index contributed by atoms with van der Waals surface area (Å²) in [6.45, 7) is 1.05. The fourth-order valence-electron chi connectivity index (χ4n) is 1.60. The van der Waals surface area contributed by atoms with Crippen molar-refractivity contribution in [1.82, 2.24) is 0 Å². The zero-order chi connectivity index (χ0) is 13.1. The van der Waals surface area contributed by atoms with Gasteiger partial charge in [0.25, 0.3) is 0 Å². The molecule has 0 aliphatic carbocycles. The van der Waals surface area contributed by atoms with Crippen LogP contribution in [0.25, 0.3) is 0 Å². The summed E-state index contributed by atoms with van der Waals surface area (Å²) in [4.78, 5) is 0. The number of hydrogen-bond donors (Lipinski definition) is 3. The Kier molecular flexibility index (Phi) is 4.50. The predicted molar refractivity (Wildman–Crippen MR) is 68.1 cm³/mol. The van der Waals surface area contributed by atoms with Crippen LogP contribution in [0.15, 0.2) is 24.3 Å². The van der Waals surface area contributed by atoms with Crippen molar-refractivity contribution < 1.29 is 13.5 Å². The van der Waals surface area contributed by atoms with Gasteiger partial charge in [0.2, 0.25) is 0 Å². The van der Waals surface area contributed by atoms with Gasteiger partial charge in [-0.25, -0.2) is 8.42 Å². The number of aliphatic hydroxyl groups excluding tert-OH is 1. The van der Waals surface area contributed by atoms with Crippen molar-refractivity contribution in [1.29, 1.82) is 0 Å². The van der Waals surface area contributed by atoms with E-state index in [1.54, 1.807) is 24.3 Å². The highest BCUT2D eigenvalue weighted by molar-refractivity contribution is 7.92. The average Bonchev–Trinajstić information content (AvgIpc) is 2.30. The molecule has 0 fully saturated rings. The van der Waals surface area contributed by atoms with Crippen LogP contribution in [-0.2, 0) is 9.84 Å². The summed E-state index contributed by atoms with van der Waals surface area (Å²) in [7, 11) is -3.37. The summed E-state index contributed by atoms with van der Waals surface area (Å²) in [5.74, 6) is -0.0408. The van der Waals surface area contributed by atoms with Crippen molar-refractivity contribution in [3.63, 3.8) is 0 Å². The molecule has 0 saturated heterocycles. The Balaban J connectivity index is 3.02. The van der Waals surface area contributed by atoms with Crippen LogP contribution in [0.3, 0.4) is 0 Å². The number of nitrogens with two attached hydrogens (primary N) is 2. The Morgan fingerprint density at radius 3 is 2.24 bits per heavy atom. The third-order valence-corrected chi connectivity index (χ3v) is 4.94. The van der Waals surface area contributed by atoms with E-state index in [1.165, 1.54) is 6.92 Å². The molecule has 2 atom stereocenters. The number of anilines is 1. The highest BCUT2D eigenvalue weighted by Gasteiger charge is 2.30. The molecule has 0 unspecified atom stereocenters. The molecule has 0 amide bonds. The standard InChI is InChI=1S/C11H18N2O3S/c1-2-17(15,16)10(7-14)11(13)8-3-5-9(12)6-4-8/h3-6,10-11,14H,2,7,12-13H2,1H3/t10-,11+/m0/s1. The van der Waals surface area contributed by atoms with Crippen LogP contribution in [-0.4, -0.2) is 31.1 Å². The first-order valence-electron chi connectivity index (χ1n) is 5.35. The molecule has 0 saturated carbocycles. The number of benzene rings is 1. The van der Waals surface area contributed by atoms with Crippen LogP contribution in [0.4, 0.5) is 5.69 Å². The summed E-state index contributed by atoms with van der Waals surface area (Å²) in [5, 5.41) is 8.22. The first-order valence-corrected chi connectivity index (χ1v) is 7.07. The highest BCUT2D eigenvalue weighted by atomic mass is 32.2. The van der Waals surface area contributed by atoms with Gasteiger partial charge in [-0.15, -0.1) is 0 Å². The Morgan fingerprint density at radius 2 is 1.82 bits per heavy atom. The molecule has 0 aliphatic heterocycles. The molecule has 0 aliphatic rings. The summed E-state index contributed by atoms with van der Waals surface area (Å²) in [5.41, 5.74) is 12.7. The third kappa shape index (κ3) is 3.18. The topological polar surface area (TPSA) is 106 Å². The van der Waals surface area contributed by atoms with Gasteiger partial charge in [0, 0.05) is 17.5 Å². The second kappa shape index (κ2) is 5.48. The molecular weight excluding hydrogens is 240 g/mol. The van der Waals surface area contributed by atoms with Crippen LogP contribution in [0, 0.1) is 0 Å². The van der Waals surface area contributed by atoms with Gasteiger partial charge in [-0.1, -0.05) is 19.1 Å². The summed E-state index contributed by atoms with van der Waals surface area (Å²) >= 11 is 0. The summed E-state index contributed by atoms with van der Waals surface area (Å²) in [6.07, 6.45) is 0. The van der Waals surface area contributed by atoms with E-state index in [9.17, 15) is 13.5 Å². The Hall–Kier alpha value is -1.11. The molecule has 5 N–H and O–H groups in total. The molecule has 1 rings (SSSR count). The van der Waals surface area contributed by atoms with E-state index in [1.807, 2.05) is 0 Å². The van der Waals surface area contributed by atoms with E-state index in [2.05, 4.69) is 0 Å². The molecule has 5 nitrogen and oxygen atoms in total. The van der Waals surface area contributed by atoms with E-state index in [-0.39, 0.29) is 5.75 Å². The molecule has 1 aromatic carbocycles. The van der Waals surface area contributed by atoms with Crippen molar-refractivity contribution in [3.05, 3.63) is 29.8 Å². The first kappa shape index (κ1) is 14.0. The molecule has 0 spiro atoms. The van der Waals surface area contributed by atoms with Gasteiger partial charge in [-0.3, -0.25) is 0 Å². The number of aliphatic hydroxyl groups is 1. The fourth-order valence-corrected chi connectivity index (χ4v) is 2.86. The Morgan fingerprint density at radius 1 is 1.29 bits per heavy atom. The van der Waals surface area contributed by atoms with Gasteiger partial charge in [0.1, 0.15) is 5.25 Å². The van der Waals surface area contributed by atoms with Gasteiger partial charge >= 0.3 is 0 Å². The Labute approximate surface area is 101 Å². The van der Waals surface area contributed by atoms with Crippen LogP contribution < -0.4 is 11.5 Å². The molecule has 6 heteroatoms. The Bertz CT molecular complexity index is 456. The quantitative estimate of drug-likeness (QED) is 0.648. The van der Waals surface area contributed by atoms with Gasteiger partial charge in [-0.05, 0) is 17.7 Å². The van der Waals surface area contributed by atoms with E-state index in [0.717, 1.165) is 0 Å². The van der Waals surface area contributed by atoms with E-state index < -0.39 is 27.7 Å². The van der Waals surface area contributed by atoms with Gasteiger partial charge in [0.05, 0.1) is 6.61 Å². The number of hydrogen-bond acceptors (Lipinski definition) is 5. The zero-order valence-electron chi connectivity index (χ0n) is 9.70. The minimum atomic E-state index is -3.37. The predicted octanol–water partition coefficient (Wildman–Crippen LogP) is 0.0642. The maximum Gasteiger partial charge on any atom is 0.157 e. The monoisotopic (exact) mass is 258 g/mol. The molecule has 0 heterocycles. The van der Waals surface area contributed by atoms with E-state index in [0.29, 0.717) is 11.3 Å². The van der Waals surface area contributed by atoms with Gasteiger partial charge < -0.3 is 16.6 Å². The summed E-state index contributed by atoms with van der Waals surface area (Å²) in [6, 6.07) is 5.91. The van der Waals surface area contributed by atoms with E-state index >= 15 is 0 Å². The van der Waals surface area contributed by atoms with Crippen molar-refractivity contribution in [2.24, 2.45) is 5.73 Å². The SMILES string of the molecule is CCS(=O)(=O)[C@@H](CO)[C@H](N)c1ccc(N)cc1. The normalized spacial score (nSPS) is 15.5. The molecule has 1 aromatic rings. The van der Waals surface area contributed by atoms with Crippen LogP contribution in [0.5, 0.6) is 0 Å². The maximum absolute atomic E-state index is 11.7. The third-order valence-electron chi connectivity index (χ3n) is 2.77. The second-order valence-electron chi connectivity index (χ2n) is 3.87. The maximum atomic E-state index is 11.7. The highest BCUT2D eigenvalue weighted by Crippen LogP contribution is 2.21. The lowest BCUT2D eigenvalue weighted by molar-refractivity contribution is 0.277. The molecule has 17 heavy (non-hydrogen) atoms. The molecule has 96 valence electrons. The van der Waals surface area contributed by atoms with Gasteiger partial charge in [-0.2, -0.15) is 0 Å².